The number of hydrogen-bond donors (Lipinski definition) is 2. The van der Waals surface area contributed by atoms with E-state index in [1.54, 1.807) is 12.1 Å². The van der Waals surface area contributed by atoms with Crippen LogP contribution in [0.3, 0.4) is 0 Å². The Morgan fingerprint density at radius 3 is 2.37 bits per heavy atom. The standard InChI is InChI=1S/C14H18O5/c1-14(2,3)9-6-4-5-7-11(9)19-13(18)10(15)8-12(16)17/h4-7,10,15H,8H2,1-3H3,(H,16,17). The number of carbonyl (C=O) groups is 2. The zero-order chi connectivity index (χ0) is 14.6. The number of aliphatic carboxylic acids is 1. The lowest BCUT2D eigenvalue weighted by Crippen LogP contribution is -2.29. The first-order chi connectivity index (χ1) is 8.71. The van der Waals surface area contributed by atoms with Gasteiger partial charge in [0.05, 0.1) is 6.42 Å². The molecule has 0 spiro atoms. The second-order valence-corrected chi connectivity index (χ2v) is 5.28. The Labute approximate surface area is 111 Å². The lowest BCUT2D eigenvalue weighted by molar-refractivity contribution is -0.151. The normalized spacial score (nSPS) is 12.8. The van der Waals surface area contributed by atoms with Crippen molar-refractivity contribution in [2.24, 2.45) is 0 Å². The molecule has 1 aromatic rings. The topological polar surface area (TPSA) is 83.8 Å². The molecule has 19 heavy (non-hydrogen) atoms. The highest BCUT2D eigenvalue weighted by molar-refractivity contribution is 5.82. The summed E-state index contributed by atoms with van der Waals surface area (Å²) in [5.41, 5.74) is 0.583. The van der Waals surface area contributed by atoms with Crippen LogP contribution < -0.4 is 4.74 Å². The van der Waals surface area contributed by atoms with Crippen LogP contribution in [0.25, 0.3) is 0 Å². The molecule has 0 saturated carbocycles. The van der Waals surface area contributed by atoms with E-state index in [0.29, 0.717) is 5.75 Å². The first-order valence-corrected chi connectivity index (χ1v) is 5.93. The second kappa shape index (κ2) is 5.84. The van der Waals surface area contributed by atoms with Crippen LogP contribution in [0.4, 0.5) is 0 Å². The van der Waals surface area contributed by atoms with Gasteiger partial charge in [0.2, 0.25) is 0 Å². The number of aliphatic hydroxyl groups excluding tert-OH is 1. The molecular formula is C14H18O5. The summed E-state index contributed by atoms with van der Waals surface area (Å²) in [6.07, 6.45) is -2.33. The number of esters is 1. The third kappa shape index (κ3) is 4.37. The highest BCUT2D eigenvalue weighted by atomic mass is 16.5. The number of carboxylic acids is 1. The van der Waals surface area contributed by atoms with E-state index in [0.717, 1.165) is 5.56 Å². The van der Waals surface area contributed by atoms with E-state index in [-0.39, 0.29) is 5.41 Å². The summed E-state index contributed by atoms with van der Waals surface area (Å²) in [5.74, 6) is -1.88. The van der Waals surface area contributed by atoms with Crippen LogP contribution in [-0.2, 0) is 15.0 Å². The van der Waals surface area contributed by atoms with Crippen molar-refractivity contribution in [3.8, 4) is 5.75 Å². The number of ether oxygens (including phenoxy) is 1. The molecule has 0 aliphatic rings. The van der Waals surface area contributed by atoms with Crippen molar-refractivity contribution in [2.75, 3.05) is 0 Å². The maximum atomic E-state index is 11.6. The maximum Gasteiger partial charge on any atom is 0.340 e. The predicted octanol–water partition coefficient (Wildman–Crippen LogP) is 1.73. The monoisotopic (exact) mass is 266 g/mol. The molecule has 1 unspecified atom stereocenters. The van der Waals surface area contributed by atoms with Gasteiger partial charge in [0.25, 0.3) is 0 Å². The predicted molar refractivity (Wildman–Crippen MR) is 69.0 cm³/mol. The van der Waals surface area contributed by atoms with Crippen molar-refractivity contribution in [3.05, 3.63) is 29.8 Å². The molecule has 5 heteroatoms. The molecule has 0 aliphatic carbocycles. The number of para-hydroxylation sites is 1. The molecule has 0 aromatic heterocycles. The van der Waals surface area contributed by atoms with Crippen molar-refractivity contribution in [3.63, 3.8) is 0 Å². The first kappa shape index (κ1) is 15.2. The van der Waals surface area contributed by atoms with Crippen LogP contribution in [0.1, 0.15) is 32.8 Å². The summed E-state index contributed by atoms with van der Waals surface area (Å²) in [4.78, 5) is 22.0. The van der Waals surface area contributed by atoms with Gasteiger partial charge in [-0.3, -0.25) is 4.79 Å². The van der Waals surface area contributed by atoms with Crippen LogP contribution in [0, 0.1) is 0 Å². The van der Waals surface area contributed by atoms with Gasteiger partial charge < -0.3 is 14.9 Å². The summed E-state index contributed by atoms with van der Waals surface area (Å²) in [7, 11) is 0. The molecule has 0 heterocycles. The van der Waals surface area contributed by atoms with Gasteiger partial charge in [-0.2, -0.15) is 0 Å². The van der Waals surface area contributed by atoms with E-state index in [9.17, 15) is 14.7 Å². The number of hydrogen-bond acceptors (Lipinski definition) is 4. The molecule has 0 bridgehead atoms. The molecule has 0 radical (unpaired) electrons. The van der Waals surface area contributed by atoms with Crippen LogP contribution in [0.5, 0.6) is 5.75 Å². The fourth-order valence-electron chi connectivity index (χ4n) is 1.60. The molecule has 104 valence electrons. The van der Waals surface area contributed by atoms with E-state index in [1.807, 2.05) is 32.9 Å². The lowest BCUT2D eigenvalue weighted by Gasteiger charge is -2.22. The zero-order valence-corrected chi connectivity index (χ0v) is 11.2. The lowest BCUT2D eigenvalue weighted by atomic mass is 9.86. The molecule has 0 amide bonds. The average molecular weight is 266 g/mol. The smallest absolute Gasteiger partial charge is 0.340 e. The quantitative estimate of drug-likeness (QED) is 0.640. The van der Waals surface area contributed by atoms with Gasteiger partial charge in [0.15, 0.2) is 6.10 Å². The highest BCUT2D eigenvalue weighted by Crippen LogP contribution is 2.31. The van der Waals surface area contributed by atoms with Gasteiger partial charge in [-0.1, -0.05) is 39.0 Å². The van der Waals surface area contributed by atoms with E-state index < -0.39 is 24.5 Å². The molecule has 0 fully saturated rings. The van der Waals surface area contributed by atoms with Gasteiger partial charge in [0, 0.05) is 5.56 Å². The number of aliphatic hydroxyl groups is 1. The summed E-state index contributed by atoms with van der Waals surface area (Å²) in [5, 5.41) is 17.9. The largest absolute Gasteiger partial charge is 0.481 e. The van der Waals surface area contributed by atoms with Crippen molar-refractivity contribution in [1.29, 1.82) is 0 Å². The van der Waals surface area contributed by atoms with Gasteiger partial charge in [0.1, 0.15) is 5.75 Å². The SMILES string of the molecule is CC(C)(C)c1ccccc1OC(=O)C(O)CC(=O)O. The number of carboxylic acid groups (broad SMARTS) is 1. The third-order valence-corrected chi connectivity index (χ3v) is 2.55. The van der Waals surface area contributed by atoms with E-state index >= 15 is 0 Å². The Morgan fingerprint density at radius 1 is 1.26 bits per heavy atom. The Bertz CT molecular complexity index is 473. The number of carbonyl (C=O) groups excluding carboxylic acids is 1. The van der Waals surface area contributed by atoms with Gasteiger partial charge >= 0.3 is 11.9 Å². The number of benzene rings is 1. The number of rotatable bonds is 4. The van der Waals surface area contributed by atoms with Crippen LogP contribution >= 0.6 is 0 Å². The fourth-order valence-corrected chi connectivity index (χ4v) is 1.60. The van der Waals surface area contributed by atoms with Crippen molar-refractivity contribution < 1.29 is 24.5 Å². The van der Waals surface area contributed by atoms with Crippen LogP contribution in [0.2, 0.25) is 0 Å². The summed E-state index contributed by atoms with van der Waals surface area (Å²) >= 11 is 0. The molecule has 0 saturated heterocycles. The van der Waals surface area contributed by atoms with E-state index in [2.05, 4.69) is 0 Å². The Kier molecular flexibility index (Phi) is 4.67. The van der Waals surface area contributed by atoms with E-state index in [1.165, 1.54) is 0 Å². The van der Waals surface area contributed by atoms with Gasteiger partial charge in [-0.05, 0) is 11.5 Å². The van der Waals surface area contributed by atoms with Crippen molar-refractivity contribution in [2.45, 2.75) is 38.7 Å². The molecule has 1 aromatic carbocycles. The molecule has 0 aliphatic heterocycles. The Hall–Kier alpha value is -1.88. The summed E-state index contributed by atoms with van der Waals surface area (Å²) < 4.78 is 5.08. The maximum absolute atomic E-state index is 11.6. The fraction of sp³-hybridized carbons (Fsp3) is 0.429. The molecular weight excluding hydrogens is 248 g/mol. The Morgan fingerprint density at radius 2 is 1.84 bits per heavy atom. The second-order valence-electron chi connectivity index (χ2n) is 5.28. The average Bonchev–Trinajstić information content (AvgIpc) is 2.27. The van der Waals surface area contributed by atoms with Crippen LogP contribution in [-0.4, -0.2) is 28.3 Å². The third-order valence-electron chi connectivity index (χ3n) is 2.55. The zero-order valence-electron chi connectivity index (χ0n) is 11.2. The summed E-state index contributed by atoms with van der Waals surface area (Å²) in [6.45, 7) is 5.90. The van der Waals surface area contributed by atoms with Gasteiger partial charge in [-0.25, -0.2) is 4.79 Å². The first-order valence-electron chi connectivity index (χ1n) is 5.93. The molecule has 1 atom stereocenters. The molecule has 5 nitrogen and oxygen atoms in total. The van der Waals surface area contributed by atoms with Crippen molar-refractivity contribution >= 4 is 11.9 Å². The van der Waals surface area contributed by atoms with Crippen molar-refractivity contribution in [1.82, 2.24) is 0 Å². The summed E-state index contributed by atoms with van der Waals surface area (Å²) in [6, 6.07) is 6.98. The van der Waals surface area contributed by atoms with Gasteiger partial charge in [-0.15, -0.1) is 0 Å². The van der Waals surface area contributed by atoms with E-state index in [4.69, 9.17) is 9.84 Å². The minimum Gasteiger partial charge on any atom is -0.481 e. The molecule has 2 N–H and O–H groups in total. The minimum atomic E-state index is -1.66. The van der Waals surface area contributed by atoms with Crippen LogP contribution in [0.15, 0.2) is 24.3 Å². The highest BCUT2D eigenvalue weighted by Gasteiger charge is 2.24. The molecule has 1 rings (SSSR count). The minimum absolute atomic E-state index is 0.228. The Balaban J connectivity index is 2.88.